The van der Waals surface area contributed by atoms with Crippen molar-refractivity contribution in [1.29, 1.82) is 0 Å². The number of hydrogen-bond donors (Lipinski definition) is 2. The normalized spacial score (nSPS) is 22.7. The van der Waals surface area contributed by atoms with Crippen LogP contribution in [-0.2, 0) is 4.79 Å². The molecule has 96 valence electrons. The van der Waals surface area contributed by atoms with Crippen molar-refractivity contribution in [2.24, 2.45) is 0 Å². The Labute approximate surface area is 110 Å². The summed E-state index contributed by atoms with van der Waals surface area (Å²) in [5.74, 6) is -0.0756. The van der Waals surface area contributed by atoms with Crippen LogP contribution in [0.1, 0.15) is 22.3 Å². The van der Waals surface area contributed by atoms with Gasteiger partial charge in [0.05, 0.1) is 0 Å². The van der Waals surface area contributed by atoms with E-state index in [0.717, 1.165) is 11.3 Å². The van der Waals surface area contributed by atoms with Crippen LogP contribution in [0.4, 0.5) is 0 Å². The number of aliphatic carboxylic acids is 1. The van der Waals surface area contributed by atoms with Crippen molar-refractivity contribution >= 4 is 23.6 Å². The third kappa shape index (κ3) is 2.51. The molecule has 1 aliphatic rings. The maximum atomic E-state index is 12.0. The molecule has 0 spiro atoms. The number of hydrogen-bond acceptors (Lipinski definition) is 3. The Morgan fingerprint density at radius 1 is 1.33 bits per heavy atom. The third-order valence-corrected chi connectivity index (χ3v) is 4.29. The number of aryl methyl sites for hydroxylation is 1. The molecule has 18 heavy (non-hydrogen) atoms. The summed E-state index contributed by atoms with van der Waals surface area (Å²) in [5.41, 5.74) is 0.459. The van der Waals surface area contributed by atoms with Gasteiger partial charge in [0.1, 0.15) is 5.54 Å². The predicted molar refractivity (Wildman–Crippen MR) is 71.0 cm³/mol. The van der Waals surface area contributed by atoms with Crippen molar-refractivity contribution in [3.8, 4) is 0 Å². The highest BCUT2D eigenvalue weighted by molar-refractivity contribution is 7.99. The van der Waals surface area contributed by atoms with Gasteiger partial charge in [-0.05, 0) is 31.2 Å². The number of carbonyl (C=O) groups is 2. The van der Waals surface area contributed by atoms with E-state index in [1.807, 2.05) is 19.1 Å². The highest BCUT2D eigenvalue weighted by Gasteiger charge is 2.43. The van der Waals surface area contributed by atoms with E-state index in [-0.39, 0.29) is 5.91 Å². The molecular weight excluding hydrogens is 250 g/mol. The molecule has 2 N–H and O–H groups in total. The minimum Gasteiger partial charge on any atom is -0.479 e. The minimum absolute atomic E-state index is 0.320. The fourth-order valence-electron chi connectivity index (χ4n) is 1.88. The molecule has 1 aliphatic heterocycles. The lowest BCUT2D eigenvalue weighted by molar-refractivity contribution is -0.143. The van der Waals surface area contributed by atoms with Gasteiger partial charge >= 0.3 is 5.97 Å². The monoisotopic (exact) mass is 265 g/mol. The first-order valence-corrected chi connectivity index (χ1v) is 6.89. The Morgan fingerprint density at radius 2 is 2.00 bits per heavy atom. The van der Waals surface area contributed by atoms with E-state index < -0.39 is 11.5 Å². The molecule has 1 amide bonds. The van der Waals surface area contributed by atoms with Gasteiger partial charge in [-0.15, -0.1) is 0 Å². The van der Waals surface area contributed by atoms with E-state index in [1.165, 1.54) is 0 Å². The maximum absolute atomic E-state index is 12.0. The fraction of sp³-hybridized carbons (Fsp3) is 0.385. The number of amides is 1. The Bertz CT molecular complexity index is 464. The lowest BCUT2D eigenvalue weighted by Crippen LogP contribution is -2.54. The number of carbonyl (C=O) groups excluding carboxylic acids is 1. The first kappa shape index (κ1) is 13.0. The Kier molecular flexibility index (Phi) is 3.61. The van der Waals surface area contributed by atoms with Gasteiger partial charge in [-0.2, -0.15) is 11.8 Å². The number of carboxylic acids is 1. The molecule has 4 nitrogen and oxygen atoms in total. The smallest absolute Gasteiger partial charge is 0.330 e. The topological polar surface area (TPSA) is 66.4 Å². The van der Waals surface area contributed by atoms with Crippen molar-refractivity contribution in [2.45, 2.75) is 18.9 Å². The van der Waals surface area contributed by atoms with Crippen LogP contribution in [0.15, 0.2) is 24.3 Å². The second-order valence-electron chi connectivity index (χ2n) is 4.51. The molecule has 1 saturated heterocycles. The molecule has 1 aromatic rings. The first-order valence-electron chi connectivity index (χ1n) is 5.74. The summed E-state index contributed by atoms with van der Waals surface area (Å²) in [6.07, 6.45) is 0.477. The van der Waals surface area contributed by atoms with E-state index in [2.05, 4.69) is 5.32 Å². The van der Waals surface area contributed by atoms with Crippen LogP contribution in [0.3, 0.4) is 0 Å². The van der Waals surface area contributed by atoms with Gasteiger partial charge < -0.3 is 10.4 Å². The standard InChI is InChI=1S/C13H15NO3S/c1-9-2-4-10(5-3-9)11(15)14-13(12(16)17)6-7-18-8-13/h2-5H,6-8H2,1H3,(H,14,15)(H,16,17). The Morgan fingerprint density at radius 3 is 2.50 bits per heavy atom. The van der Waals surface area contributed by atoms with E-state index >= 15 is 0 Å². The average Bonchev–Trinajstić information content (AvgIpc) is 2.79. The first-order chi connectivity index (χ1) is 8.53. The van der Waals surface area contributed by atoms with E-state index in [0.29, 0.717) is 17.7 Å². The molecule has 1 heterocycles. The van der Waals surface area contributed by atoms with Gasteiger partial charge in [-0.1, -0.05) is 17.7 Å². The highest BCUT2D eigenvalue weighted by Crippen LogP contribution is 2.28. The summed E-state index contributed by atoms with van der Waals surface area (Å²) in [6.45, 7) is 1.94. The predicted octanol–water partition coefficient (Wildman–Crippen LogP) is 1.69. The molecule has 0 bridgehead atoms. The third-order valence-electron chi connectivity index (χ3n) is 3.10. The molecule has 1 aromatic carbocycles. The second kappa shape index (κ2) is 5.02. The average molecular weight is 265 g/mol. The van der Waals surface area contributed by atoms with Crippen LogP contribution in [0.2, 0.25) is 0 Å². The van der Waals surface area contributed by atoms with Gasteiger partial charge in [0.15, 0.2) is 0 Å². The van der Waals surface area contributed by atoms with Crippen molar-refractivity contribution in [3.05, 3.63) is 35.4 Å². The number of thioether (sulfide) groups is 1. The quantitative estimate of drug-likeness (QED) is 0.872. The molecule has 0 radical (unpaired) electrons. The van der Waals surface area contributed by atoms with Gasteiger partial charge in [-0.3, -0.25) is 4.79 Å². The van der Waals surface area contributed by atoms with Crippen molar-refractivity contribution in [1.82, 2.24) is 5.32 Å². The van der Waals surface area contributed by atoms with E-state index in [1.54, 1.807) is 23.9 Å². The summed E-state index contributed by atoms with van der Waals surface area (Å²) >= 11 is 1.55. The largest absolute Gasteiger partial charge is 0.479 e. The van der Waals surface area contributed by atoms with Crippen molar-refractivity contribution in [2.75, 3.05) is 11.5 Å². The van der Waals surface area contributed by atoms with Crippen LogP contribution in [0.25, 0.3) is 0 Å². The molecule has 5 heteroatoms. The van der Waals surface area contributed by atoms with Crippen LogP contribution < -0.4 is 5.32 Å². The molecule has 0 aliphatic carbocycles. The maximum Gasteiger partial charge on any atom is 0.330 e. The van der Waals surface area contributed by atoms with Gasteiger partial charge in [0.25, 0.3) is 5.91 Å². The zero-order valence-corrected chi connectivity index (χ0v) is 10.9. The molecular formula is C13H15NO3S. The highest BCUT2D eigenvalue weighted by atomic mass is 32.2. The zero-order chi connectivity index (χ0) is 13.2. The van der Waals surface area contributed by atoms with Crippen molar-refractivity contribution in [3.63, 3.8) is 0 Å². The molecule has 0 saturated carbocycles. The van der Waals surface area contributed by atoms with Crippen LogP contribution >= 0.6 is 11.8 Å². The second-order valence-corrected chi connectivity index (χ2v) is 5.62. The summed E-state index contributed by atoms with van der Waals surface area (Å²) in [7, 11) is 0. The van der Waals surface area contributed by atoms with Crippen LogP contribution in [-0.4, -0.2) is 34.0 Å². The minimum atomic E-state index is -1.10. The SMILES string of the molecule is Cc1ccc(C(=O)NC2(C(=O)O)CCSC2)cc1. The fourth-order valence-corrected chi connectivity index (χ4v) is 3.21. The van der Waals surface area contributed by atoms with Gasteiger partial charge in [-0.25, -0.2) is 4.79 Å². The lowest BCUT2D eigenvalue weighted by Gasteiger charge is -2.24. The molecule has 2 rings (SSSR count). The number of nitrogens with one attached hydrogen (secondary N) is 1. The van der Waals surface area contributed by atoms with E-state index in [9.17, 15) is 14.7 Å². The van der Waals surface area contributed by atoms with Gasteiger partial charge in [0.2, 0.25) is 0 Å². The van der Waals surface area contributed by atoms with Crippen LogP contribution in [0.5, 0.6) is 0 Å². The molecule has 1 unspecified atom stereocenters. The molecule has 0 aromatic heterocycles. The number of rotatable bonds is 3. The molecule has 1 atom stereocenters. The number of carboxylic acid groups (broad SMARTS) is 1. The van der Waals surface area contributed by atoms with Crippen molar-refractivity contribution < 1.29 is 14.7 Å². The summed E-state index contributed by atoms with van der Waals surface area (Å²) in [5, 5.41) is 11.9. The number of benzene rings is 1. The summed E-state index contributed by atoms with van der Waals surface area (Å²) in [6, 6.07) is 7.10. The molecule has 1 fully saturated rings. The van der Waals surface area contributed by atoms with Crippen LogP contribution in [0, 0.1) is 6.92 Å². The lowest BCUT2D eigenvalue weighted by atomic mass is 9.98. The van der Waals surface area contributed by atoms with Gasteiger partial charge in [0, 0.05) is 11.3 Å². The van der Waals surface area contributed by atoms with E-state index in [4.69, 9.17) is 0 Å². The summed E-state index contributed by atoms with van der Waals surface area (Å²) < 4.78 is 0. The Hall–Kier alpha value is -1.49. The summed E-state index contributed by atoms with van der Waals surface area (Å²) in [4.78, 5) is 23.4. The zero-order valence-electron chi connectivity index (χ0n) is 10.1. The Balaban J connectivity index is 2.15.